The van der Waals surface area contributed by atoms with E-state index in [1.807, 2.05) is 11.9 Å². The second kappa shape index (κ2) is 8.55. The highest BCUT2D eigenvalue weighted by Crippen LogP contribution is 2.24. The highest BCUT2D eigenvalue weighted by atomic mass is 19.1. The fraction of sp³-hybridized carbons (Fsp3) is 0.611. The Labute approximate surface area is 143 Å². The second-order valence-electron chi connectivity index (χ2n) is 6.89. The molecule has 1 aliphatic rings. The molecule has 1 aromatic carbocycles. The smallest absolute Gasteiger partial charge is 0.239 e. The van der Waals surface area contributed by atoms with Crippen molar-refractivity contribution in [1.29, 1.82) is 0 Å². The van der Waals surface area contributed by atoms with Crippen molar-refractivity contribution in [2.75, 3.05) is 33.2 Å². The molecule has 0 unspecified atom stereocenters. The van der Waals surface area contributed by atoms with Crippen LogP contribution in [0.2, 0.25) is 0 Å². The van der Waals surface area contributed by atoms with E-state index >= 15 is 0 Å². The van der Waals surface area contributed by atoms with Gasteiger partial charge in [-0.25, -0.2) is 4.39 Å². The first-order valence-corrected chi connectivity index (χ1v) is 8.52. The Kier molecular flexibility index (Phi) is 6.71. The summed E-state index contributed by atoms with van der Waals surface area (Å²) in [5.41, 5.74) is 6.30. The van der Waals surface area contributed by atoms with Gasteiger partial charge in [0.1, 0.15) is 11.9 Å². The third kappa shape index (κ3) is 5.26. The average molecular weight is 337 g/mol. The first kappa shape index (κ1) is 18.8. The van der Waals surface area contributed by atoms with Gasteiger partial charge in [-0.05, 0) is 63.5 Å². The van der Waals surface area contributed by atoms with Crippen molar-refractivity contribution in [3.63, 3.8) is 0 Å². The number of halogens is 1. The van der Waals surface area contributed by atoms with Gasteiger partial charge in [-0.3, -0.25) is 9.69 Å². The van der Waals surface area contributed by atoms with E-state index in [-0.39, 0.29) is 11.9 Å². The number of nitrogens with two attached hydrogens (primary N) is 1. The van der Waals surface area contributed by atoms with E-state index in [1.54, 1.807) is 19.1 Å². The van der Waals surface area contributed by atoms with Gasteiger partial charge in [-0.1, -0.05) is 12.1 Å². The Hall–Kier alpha value is -1.50. The van der Waals surface area contributed by atoms with Crippen molar-refractivity contribution in [3.8, 4) is 0 Å². The largest absolute Gasteiger partial charge is 0.392 e. The summed E-state index contributed by atoms with van der Waals surface area (Å²) >= 11 is 0. The number of amides is 1. The van der Waals surface area contributed by atoms with Crippen molar-refractivity contribution >= 4 is 5.91 Å². The quantitative estimate of drug-likeness (QED) is 0.789. The van der Waals surface area contributed by atoms with Crippen molar-refractivity contribution in [2.24, 2.45) is 11.7 Å². The Bertz CT molecular complexity index is 528. The van der Waals surface area contributed by atoms with Crippen molar-refractivity contribution < 1.29 is 14.3 Å². The summed E-state index contributed by atoms with van der Waals surface area (Å²) in [4.78, 5) is 16.1. The number of carbonyl (C=O) groups excluding carboxylic acids is 1. The maximum Gasteiger partial charge on any atom is 0.239 e. The standard InChI is InChI=1S/C18H28FN3O2/c1-13(23)11-22-9-7-14(8-10-22)12-21(2)17(18(20)24)15-3-5-16(19)6-4-15/h3-6,13-14,17,23H,7-12H2,1-2H3,(H2,20,24)/t13-,17-/m0/s1. The lowest BCUT2D eigenvalue weighted by atomic mass is 9.94. The molecule has 2 rings (SSSR count). The lowest BCUT2D eigenvalue weighted by Gasteiger charge is -2.36. The van der Waals surface area contributed by atoms with E-state index in [1.165, 1.54) is 12.1 Å². The normalized spacial score (nSPS) is 19.4. The molecule has 0 aromatic heterocycles. The zero-order valence-electron chi connectivity index (χ0n) is 14.5. The maximum absolute atomic E-state index is 13.1. The number of likely N-dealkylation sites (tertiary alicyclic amines) is 1. The van der Waals surface area contributed by atoms with E-state index in [9.17, 15) is 14.3 Å². The predicted molar refractivity (Wildman–Crippen MR) is 91.8 cm³/mol. The van der Waals surface area contributed by atoms with Crippen LogP contribution in [0.4, 0.5) is 4.39 Å². The van der Waals surface area contributed by atoms with Gasteiger partial charge in [0.25, 0.3) is 0 Å². The number of piperidine rings is 1. The molecule has 3 N–H and O–H groups in total. The number of aliphatic hydroxyl groups is 1. The fourth-order valence-electron chi connectivity index (χ4n) is 3.52. The van der Waals surface area contributed by atoms with Crippen LogP contribution in [-0.2, 0) is 4.79 Å². The summed E-state index contributed by atoms with van der Waals surface area (Å²) in [6, 6.07) is 5.40. The van der Waals surface area contributed by atoms with Gasteiger partial charge in [0.05, 0.1) is 6.10 Å². The second-order valence-corrected chi connectivity index (χ2v) is 6.89. The van der Waals surface area contributed by atoms with Gasteiger partial charge in [0.15, 0.2) is 0 Å². The van der Waals surface area contributed by atoms with Gasteiger partial charge in [-0.2, -0.15) is 0 Å². The Morgan fingerprint density at radius 1 is 1.38 bits per heavy atom. The first-order chi connectivity index (χ1) is 11.4. The predicted octanol–water partition coefficient (Wildman–Crippen LogP) is 1.38. The fourth-order valence-corrected chi connectivity index (χ4v) is 3.52. The van der Waals surface area contributed by atoms with Crippen LogP contribution in [0.5, 0.6) is 0 Å². The summed E-state index contributed by atoms with van der Waals surface area (Å²) in [5.74, 6) is -0.256. The number of hydrogen-bond acceptors (Lipinski definition) is 4. The minimum absolute atomic E-state index is 0.304. The molecule has 0 saturated carbocycles. The highest BCUT2D eigenvalue weighted by Gasteiger charge is 2.27. The summed E-state index contributed by atoms with van der Waals surface area (Å²) in [5, 5.41) is 9.47. The van der Waals surface area contributed by atoms with E-state index in [2.05, 4.69) is 4.90 Å². The van der Waals surface area contributed by atoms with Crippen LogP contribution >= 0.6 is 0 Å². The van der Waals surface area contributed by atoms with Crippen LogP contribution in [0, 0.1) is 11.7 Å². The molecule has 5 nitrogen and oxygen atoms in total. The summed E-state index contributed by atoms with van der Waals surface area (Å²) < 4.78 is 13.1. The van der Waals surface area contributed by atoms with Gasteiger partial charge < -0.3 is 15.7 Å². The number of hydrogen-bond donors (Lipinski definition) is 2. The minimum atomic E-state index is -0.541. The third-order valence-corrected chi connectivity index (χ3v) is 4.67. The molecule has 1 heterocycles. The van der Waals surface area contributed by atoms with E-state index in [0.29, 0.717) is 12.5 Å². The number of primary amides is 1. The monoisotopic (exact) mass is 337 g/mol. The molecule has 6 heteroatoms. The van der Waals surface area contributed by atoms with Crippen LogP contribution in [0.25, 0.3) is 0 Å². The van der Waals surface area contributed by atoms with E-state index in [4.69, 9.17) is 5.73 Å². The number of nitrogens with zero attached hydrogens (tertiary/aromatic N) is 2. The molecule has 1 aromatic rings. The molecular weight excluding hydrogens is 309 g/mol. The Balaban J connectivity index is 1.93. The van der Waals surface area contributed by atoms with Gasteiger partial charge in [-0.15, -0.1) is 0 Å². The van der Waals surface area contributed by atoms with Crippen LogP contribution < -0.4 is 5.73 Å². The number of benzene rings is 1. The number of aliphatic hydroxyl groups excluding tert-OH is 1. The molecule has 2 atom stereocenters. The molecule has 0 bridgehead atoms. The van der Waals surface area contributed by atoms with Crippen LogP contribution in [0.1, 0.15) is 31.4 Å². The zero-order chi connectivity index (χ0) is 17.7. The topological polar surface area (TPSA) is 69.8 Å². The SMILES string of the molecule is C[C@H](O)CN1CCC(CN(C)[C@H](C(N)=O)c2ccc(F)cc2)CC1. The summed E-state index contributed by atoms with van der Waals surface area (Å²) in [7, 11) is 1.89. The molecule has 1 saturated heterocycles. The van der Waals surface area contributed by atoms with Crippen molar-refractivity contribution in [2.45, 2.75) is 31.9 Å². The molecule has 0 aliphatic carbocycles. The number of likely N-dealkylation sites (N-methyl/N-ethyl adjacent to an activating group) is 1. The van der Waals surface area contributed by atoms with Crippen LogP contribution in [0.15, 0.2) is 24.3 Å². The number of β-amino-alcohol motifs (C(OH)–C–C–N with tert-alkyl or cyclic N) is 1. The molecule has 0 spiro atoms. The number of rotatable bonds is 7. The molecule has 1 fully saturated rings. The Morgan fingerprint density at radius 2 is 1.96 bits per heavy atom. The first-order valence-electron chi connectivity index (χ1n) is 8.52. The third-order valence-electron chi connectivity index (χ3n) is 4.67. The van der Waals surface area contributed by atoms with E-state index in [0.717, 1.165) is 38.0 Å². The molecular formula is C18H28FN3O2. The summed E-state index contributed by atoms with van der Waals surface area (Å²) in [6.07, 6.45) is 1.76. The summed E-state index contributed by atoms with van der Waals surface area (Å²) in [6.45, 7) is 5.21. The zero-order valence-corrected chi connectivity index (χ0v) is 14.5. The Morgan fingerprint density at radius 3 is 2.46 bits per heavy atom. The molecule has 24 heavy (non-hydrogen) atoms. The maximum atomic E-state index is 13.1. The lowest BCUT2D eigenvalue weighted by molar-refractivity contribution is -0.123. The average Bonchev–Trinajstić information content (AvgIpc) is 2.50. The van der Waals surface area contributed by atoms with Gasteiger partial charge >= 0.3 is 0 Å². The van der Waals surface area contributed by atoms with Crippen LogP contribution in [-0.4, -0.2) is 60.1 Å². The molecule has 1 aliphatic heterocycles. The molecule has 134 valence electrons. The van der Waals surface area contributed by atoms with Gasteiger partial charge in [0, 0.05) is 13.1 Å². The number of carbonyl (C=O) groups is 1. The minimum Gasteiger partial charge on any atom is -0.392 e. The van der Waals surface area contributed by atoms with Gasteiger partial charge in [0.2, 0.25) is 5.91 Å². The van der Waals surface area contributed by atoms with Crippen molar-refractivity contribution in [1.82, 2.24) is 9.80 Å². The lowest BCUT2D eigenvalue weighted by Crippen LogP contribution is -2.43. The molecule has 0 radical (unpaired) electrons. The molecule has 1 amide bonds. The van der Waals surface area contributed by atoms with E-state index < -0.39 is 11.9 Å². The highest BCUT2D eigenvalue weighted by molar-refractivity contribution is 5.81. The van der Waals surface area contributed by atoms with Crippen LogP contribution in [0.3, 0.4) is 0 Å². The van der Waals surface area contributed by atoms with Crippen molar-refractivity contribution in [3.05, 3.63) is 35.6 Å².